The van der Waals surface area contributed by atoms with Crippen molar-refractivity contribution in [3.8, 4) is 0 Å². The number of rotatable bonds is 7. The van der Waals surface area contributed by atoms with E-state index in [1.54, 1.807) is 0 Å². The number of hydrogen-bond acceptors (Lipinski definition) is 2. The lowest BCUT2D eigenvalue weighted by molar-refractivity contribution is -0.121. The van der Waals surface area contributed by atoms with Crippen LogP contribution in [0.4, 0.5) is 0 Å². The molecular weight excluding hydrogens is 331 g/mol. The zero-order valence-electron chi connectivity index (χ0n) is 12.9. The van der Waals surface area contributed by atoms with Crippen molar-refractivity contribution in [1.82, 2.24) is 10.3 Å². The lowest BCUT2D eigenvalue weighted by Crippen LogP contribution is -2.24. The third kappa shape index (κ3) is 4.36. The average Bonchev–Trinajstić information content (AvgIpc) is 3.16. The second-order valence-electron chi connectivity index (χ2n) is 6.17. The summed E-state index contributed by atoms with van der Waals surface area (Å²) in [5.41, 5.74) is 1.12. The number of nitrogens with one attached hydrogen (secondary N) is 1. The van der Waals surface area contributed by atoms with Crippen LogP contribution in [0.3, 0.4) is 0 Å². The highest BCUT2D eigenvalue weighted by molar-refractivity contribution is 6.50. The Bertz CT molecular complexity index is 697. The van der Waals surface area contributed by atoms with Gasteiger partial charge in [0, 0.05) is 30.7 Å². The summed E-state index contributed by atoms with van der Waals surface area (Å²) < 4.78 is -0.509. The molecule has 3 rings (SSSR count). The lowest BCUT2D eigenvalue weighted by Gasteiger charge is -2.07. The fraction of sp³-hybridized carbons (Fsp3) is 0.444. The van der Waals surface area contributed by atoms with Gasteiger partial charge in [0.1, 0.15) is 4.33 Å². The maximum Gasteiger partial charge on any atom is 0.220 e. The summed E-state index contributed by atoms with van der Waals surface area (Å²) in [6, 6.07) is 8.12. The van der Waals surface area contributed by atoms with Crippen molar-refractivity contribution in [3.05, 3.63) is 42.2 Å². The number of carbonyl (C=O) groups excluding carboxylic acids is 1. The molecule has 1 aliphatic rings. The number of hydrogen-bond donors (Lipinski definition) is 1. The molecule has 2 aromatic rings. The Balaban J connectivity index is 1.42. The molecule has 0 radical (unpaired) electrons. The molecule has 0 saturated heterocycles. The summed E-state index contributed by atoms with van der Waals surface area (Å²) in [7, 11) is 0. The fourth-order valence-corrected chi connectivity index (χ4v) is 3.46. The van der Waals surface area contributed by atoms with Crippen LogP contribution in [-0.4, -0.2) is 21.8 Å². The topological polar surface area (TPSA) is 42.0 Å². The van der Waals surface area contributed by atoms with Crippen LogP contribution >= 0.6 is 23.2 Å². The molecule has 0 spiro atoms. The molecule has 0 bridgehead atoms. The van der Waals surface area contributed by atoms with Crippen LogP contribution in [0.15, 0.2) is 36.7 Å². The molecule has 23 heavy (non-hydrogen) atoms. The zero-order chi connectivity index (χ0) is 16.3. The first-order chi connectivity index (χ1) is 11.1. The number of aryl methyl sites for hydroxylation is 1. The van der Waals surface area contributed by atoms with Crippen LogP contribution < -0.4 is 5.32 Å². The van der Waals surface area contributed by atoms with Crippen LogP contribution in [0.25, 0.3) is 10.8 Å². The standard InChI is InChI=1S/C18H20Cl2N2O/c19-18(20)10-15(18)5-3-9-22-17(23)8-7-14-12-21-11-13-4-1-2-6-16(13)14/h1-2,4,6,11-12,15H,3,5,7-10H2,(H,22,23). The minimum absolute atomic E-state index is 0.0803. The molecule has 1 saturated carbocycles. The van der Waals surface area contributed by atoms with Crippen molar-refractivity contribution in [1.29, 1.82) is 0 Å². The second-order valence-corrected chi connectivity index (χ2v) is 7.72. The van der Waals surface area contributed by atoms with E-state index in [0.717, 1.165) is 30.2 Å². The molecule has 3 nitrogen and oxygen atoms in total. The minimum Gasteiger partial charge on any atom is -0.356 e. The molecule has 1 fully saturated rings. The summed E-state index contributed by atoms with van der Waals surface area (Å²) in [5, 5.41) is 5.25. The smallest absolute Gasteiger partial charge is 0.220 e. The number of fused-ring (bicyclic) bond motifs is 1. The van der Waals surface area contributed by atoms with E-state index in [-0.39, 0.29) is 5.91 Å². The Labute approximate surface area is 146 Å². The largest absolute Gasteiger partial charge is 0.356 e. The Kier molecular flexibility index (Phi) is 5.08. The summed E-state index contributed by atoms with van der Waals surface area (Å²) in [4.78, 5) is 16.2. The Hall–Kier alpha value is -1.32. The summed E-state index contributed by atoms with van der Waals surface area (Å²) in [5.74, 6) is 0.473. The average molecular weight is 351 g/mol. The van der Waals surface area contributed by atoms with Gasteiger partial charge < -0.3 is 5.32 Å². The molecule has 1 aromatic heterocycles. The third-order valence-electron chi connectivity index (χ3n) is 4.38. The fourth-order valence-electron chi connectivity index (χ4n) is 2.87. The van der Waals surface area contributed by atoms with Gasteiger partial charge in [0.05, 0.1) is 0 Å². The van der Waals surface area contributed by atoms with Crippen LogP contribution in [0, 0.1) is 5.92 Å². The van der Waals surface area contributed by atoms with Gasteiger partial charge in [0.25, 0.3) is 0 Å². The van der Waals surface area contributed by atoms with Gasteiger partial charge in [-0.05, 0) is 42.6 Å². The summed E-state index contributed by atoms with van der Waals surface area (Å²) in [6.07, 6.45) is 7.66. The van der Waals surface area contributed by atoms with Crippen molar-refractivity contribution in [2.75, 3.05) is 6.54 Å². The number of alkyl halides is 2. The number of aromatic nitrogens is 1. The molecule has 122 valence electrons. The van der Waals surface area contributed by atoms with Crippen molar-refractivity contribution < 1.29 is 4.79 Å². The van der Waals surface area contributed by atoms with Gasteiger partial charge in [0.15, 0.2) is 0 Å². The first kappa shape index (κ1) is 16.5. The third-order valence-corrected chi connectivity index (χ3v) is 5.31. The molecule has 1 aliphatic carbocycles. The molecular formula is C18H20Cl2N2O. The Morgan fingerprint density at radius 2 is 2.09 bits per heavy atom. The van der Waals surface area contributed by atoms with Crippen LogP contribution in [0.1, 0.15) is 31.2 Å². The molecule has 1 atom stereocenters. The molecule has 1 N–H and O–H groups in total. The van der Waals surface area contributed by atoms with Crippen LogP contribution in [0.5, 0.6) is 0 Å². The number of nitrogens with zero attached hydrogens (tertiary/aromatic N) is 1. The molecule has 1 unspecified atom stereocenters. The van der Waals surface area contributed by atoms with E-state index in [1.807, 2.05) is 30.6 Å². The molecule has 1 amide bonds. The maximum absolute atomic E-state index is 12.0. The summed E-state index contributed by atoms with van der Waals surface area (Å²) in [6.45, 7) is 0.687. The predicted octanol–water partition coefficient (Wildman–Crippen LogP) is 4.26. The number of halogens is 2. The maximum atomic E-state index is 12.0. The first-order valence-corrected chi connectivity index (χ1v) is 8.78. The van der Waals surface area contributed by atoms with E-state index in [9.17, 15) is 4.79 Å². The molecule has 5 heteroatoms. The van der Waals surface area contributed by atoms with Crippen LogP contribution in [-0.2, 0) is 11.2 Å². The second kappa shape index (κ2) is 7.06. The number of amides is 1. The monoisotopic (exact) mass is 350 g/mol. The van der Waals surface area contributed by atoms with Gasteiger partial charge >= 0.3 is 0 Å². The highest BCUT2D eigenvalue weighted by Crippen LogP contribution is 2.55. The lowest BCUT2D eigenvalue weighted by atomic mass is 10.0. The highest BCUT2D eigenvalue weighted by Gasteiger charge is 2.50. The van der Waals surface area contributed by atoms with Gasteiger partial charge in [-0.3, -0.25) is 9.78 Å². The van der Waals surface area contributed by atoms with Gasteiger partial charge in [-0.2, -0.15) is 0 Å². The zero-order valence-corrected chi connectivity index (χ0v) is 14.4. The Morgan fingerprint density at radius 3 is 2.87 bits per heavy atom. The van der Waals surface area contributed by atoms with Gasteiger partial charge in [-0.1, -0.05) is 24.3 Å². The van der Waals surface area contributed by atoms with Crippen LogP contribution in [0.2, 0.25) is 0 Å². The molecule has 0 aliphatic heterocycles. The van der Waals surface area contributed by atoms with E-state index >= 15 is 0 Å². The van der Waals surface area contributed by atoms with E-state index in [1.165, 1.54) is 5.39 Å². The quantitative estimate of drug-likeness (QED) is 0.598. The number of benzene rings is 1. The predicted molar refractivity (Wildman–Crippen MR) is 94.9 cm³/mol. The van der Waals surface area contributed by atoms with Crippen molar-refractivity contribution in [3.63, 3.8) is 0 Å². The van der Waals surface area contributed by atoms with E-state index in [2.05, 4.69) is 16.4 Å². The van der Waals surface area contributed by atoms with Gasteiger partial charge in [-0.25, -0.2) is 0 Å². The summed E-state index contributed by atoms with van der Waals surface area (Å²) >= 11 is 12.0. The first-order valence-electron chi connectivity index (χ1n) is 8.02. The van der Waals surface area contributed by atoms with Crippen molar-refractivity contribution in [2.24, 2.45) is 5.92 Å². The van der Waals surface area contributed by atoms with E-state index in [4.69, 9.17) is 23.2 Å². The van der Waals surface area contributed by atoms with Crippen molar-refractivity contribution in [2.45, 2.75) is 36.4 Å². The van der Waals surface area contributed by atoms with E-state index in [0.29, 0.717) is 25.3 Å². The van der Waals surface area contributed by atoms with Crippen molar-refractivity contribution >= 4 is 39.9 Å². The SMILES string of the molecule is O=C(CCc1cncc2ccccc12)NCCCC1CC1(Cl)Cl. The number of carbonyl (C=O) groups is 1. The van der Waals surface area contributed by atoms with Gasteiger partial charge in [-0.15, -0.1) is 23.2 Å². The molecule has 1 heterocycles. The minimum atomic E-state index is -0.509. The van der Waals surface area contributed by atoms with E-state index < -0.39 is 4.33 Å². The number of pyridine rings is 1. The highest BCUT2D eigenvalue weighted by atomic mass is 35.5. The normalized spacial score (nSPS) is 18.8. The Morgan fingerprint density at radius 1 is 1.30 bits per heavy atom. The molecule has 1 aromatic carbocycles. The van der Waals surface area contributed by atoms with Gasteiger partial charge in [0.2, 0.25) is 5.91 Å².